The average molecular weight is 479 g/mol. The number of likely N-dealkylation sites (tertiary alicyclic amines) is 1. The molecule has 1 aliphatic carbocycles. The number of hydrogen-bond donors (Lipinski definition) is 1. The third kappa shape index (κ3) is 6.63. The molecule has 0 bridgehead atoms. The van der Waals surface area contributed by atoms with Gasteiger partial charge in [-0.25, -0.2) is 4.79 Å². The maximum atomic E-state index is 10.7. The van der Waals surface area contributed by atoms with Crippen molar-refractivity contribution < 1.29 is 19.5 Å². The highest BCUT2D eigenvalue weighted by Crippen LogP contribution is 2.34. The zero-order valence-electron chi connectivity index (χ0n) is 21.3. The predicted molar refractivity (Wildman–Crippen MR) is 138 cm³/mol. The highest BCUT2D eigenvalue weighted by Gasteiger charge is 2.30. The minimum absolute atomic E-state index is 0.212. The molecule has 1 saturated carbocycles. The number of hydrogen-bond acceptors (Lipinski definition) is 5. The Labute approximate surface area is 208 Å². The maximum absolute atomic E-state index is 10.7. The number of nitrogens with zero attached hydrogens (tertiary/aromatic N) is 2. The molecule has 2 aromatic carbocycles. The molecule has 0 amide bonds. The van der Waals surface area contributed by atoms with Gasteiger partial charge in [-0.15, -0.1) is 0 Å². The number of ether oxygens (including phenoxy) is 1. The second-order valence-electron chi connectivity index (χ2n) is 10.0. The number of oxime groups is 1. The highest BCUT2D eigenvalue weighted by molar-refractivity contribution is 5.98. The fourth-order valence-electron chi connectivity index (χ4n) is 5.40. The zero-order valence-corrected chi connectivity index (χ0v) is 21.3. The van der Waals surface area contributed by atoms with Crippen LogP contribution < -0.4 is 0 Å². The molecule has 2 aromatic rings. The first-order valence-corrected chi connectivity index (χ1v) is 12.9. The molecule has 0 aromatic heterocycles. The second kappa shape index (κ2) is 11.7. The summed E-state index contributed by atoms with van der Waals surface area (Å²) >= 11 is 0. The lowest BCUT2D eigenvalue weighted by Crippen LogP contribution is -2.52. The van der Waals surface area contributed by atoms with Gasteiger partial charge in [0.1, 0.15) is 12.7 Å². The predicted octanol–water partition coefficient (Wildman–Crippen LogP) is 6.42. The van der Waals surface area contributed by atoms with E-state index in [0.717, 1.165) is 35.7 Å². The number of carbonyl (C=O) groups is 1. The molecule has 1 saturated heterocycles. The van der Waals surface area contributed by atoms with Crippen molar-refractivity contribution in [1.29, 1.82) is 0 Å². The van der Waals surface area contributed by atoms with E-state index in [0.29, 0.717) is 19.7 Å². The van der Waals surface area contributed by atoms with Crippen molar-refractivity contribution in [2.45, 2.75) is 84.5 Å². The zero-order chi connectivity index (χ0) is 24.8. The van der Waals surface area contributed by atoms with E-state index < -0.39 is 6.16 Å². The SMILES string of the molecule is CCc1cc(C(C)=NOCc2ccc(C3CCCCC3)c(C)c2)ccc1CN1CC(OC(=O)O)C1. The van der Waals surface area contributed by atoms with E-state index in [1.807, 2.05) is 6.92 Å². The van der Waals surface area contributed by atoms with Crippen LogP contribution in [0.4, 0.5) is 4.79 Å². The highest BCUT2D eigenvalue weighted by atomic mass is 16.7. The van der Waals surface area contributed by atoms with E-state index in [9.17, 15) is 4.79 Å². The monoisotopic (exact) mass is 478 g/mol. The normalized spacial score (nSPS) is 17.7. The Morgan fingerprint density at radius 1 is 1.09 bits per heavy atom. The lowest BCUT2D eigenvalue weighted by atomic mass is 9.82. The van der Waals surface area contributed by atoms with Crippen molar-refractivity contribution >= 4 is 11.9 Å². The standard InChI is InChI=1S/C29H38N2O4/c1-4-23-15-25(11-12-26(23)16-31-17-27(18-31)35-29(32)33)21(3)30-34-19-22-10-13-28(20(2)14-22)24-8-6-5-7-9-24/h10-15,24,27H,4-9,16-19H2,1-3H3,(H,32,33). The largest absolute Gasteiger partial charge is 0.506 e. The van der Waals surface area contributed by atoms with Crippen LogP contribution in [0.25, 0.3) is 0 Å². The fraction of sp³-hybridized carbons (Fsp3) is 0.517. The lowest BCUT2D eigenvalue weighted by molar-refractivity contribution is -0.0364. The van der Waals surface area contributed by atoms with Gasteiger partial charge in [-0.3, -0.25) is 4.90 Å². The number of rotatable bonds is 9. The van der Waals surface area contributed by atoms with E-state index in [1.54, 1.807) is 0 Å². The van der Waals surface area contributed by atoms with E-state index in [2.05, 4.69) is 60.3 Å². The summed E-state index contributed by atoms with van der Waals surface area (Å²) in [5.41, 5.74) is 8.47. The molecule has 6 nitrogen and oxygen atoms in total. The van der Waals surface area contributed by atoms with Crippen molar-refractivity contribution in [2.75, 3.05) is 13.1 Å². The second-order valence-corrected chi connectivity index (χ2v) is 10.0. The molecule has 0 unspecified atom stereocenters. The summed E-state index contributed by atoms with van der Waals surface area (Å²) in [6.45, 7) is 8.91. The Morgan fingerprint density at radius 2 is 1.86 bits per heavy atom. The molecule has 2 aliphatic rings. The molecule has 1 N–H and O–H groups in total. The number of carboxylic acid groups (broad SMARTS) is 1. The molecule has 35 heavy (non-hydrogen) atoms. The van der Waals surface area contributed by atoms with Gasteiger partial charge in [0.25, 0.3) is 0 Å². The Morgan fingerprint density at radius 3 is 2.54 bits per heavy atom. The summed E-state index contributed by atoms with van der Waals surface area (Å²) < 4.78 is 4.82. The van der Waals surface area contributed by atoms with Crippen LogP contribution in [0.5, 0.6) is 0 Å². The summed E-state index contributed by atoms with van der Waals surface area (Å²) in [6.07, 6.45) is 6.23. The molecular formula is C29H38N2O4. The van der Waals surface area contributed by atoms with Crippen LogP contribution >= 0.6 is 0 Å². The van der Waals surface area contributed by atoms with Gasteiger partial charge in [0.15, 0.2) is 0 Å². The van der Waals surface area contributed by atoms with Crippen LogP contribution in [0.1, 0.15) is 85.3 Å². The Kier molecular flexibility index (Phi) is 8.45. The van der Waals surface area contributed by atoms with Gasteiger partial charge in [-0.1, -0.05) is 61.7 Å². The molecule has 0 atom stereocenters. The molecule has 1 heterocycles. The third-order valence-electron chi connectivity index (χ3n) is 7.40. The van der Waals surface area contributed by atoms with E-state index in [1.165, 1.54) is 54.4 Å². The van der Waals surface area contributed by atoms with Gasteiger partial charge in [-0.2, -0.15) is 0 Å². The maximum Gasteiger partial charge on any atom is 0.506 e. The molecule has 188 valence electrons. The first-order chi connectivity index (χ1) is 16.9. The molecule has 0 radical (unpaired) electrons. The van der Waals surface area contributed by atoms with Gasteiger partial charge in [0.05, 0.1) is 5.71 Å². The van der Waals surface area contributed by atoms with Crippen molar-refractivity contribution in [2.24, 2.45) is 5.16 Å². The van der Waals surface area contributed by atoms with Crippen LogP contribution in [0, 0.1) is 6.92 Å². The van der Waals surface area contributed by atoms with E-state index in [-0.39, 0.29) is 6.10 Å². The average Bonchev–Trinajstić information content (AvgIpc) is 2.83. The van der Waals surface area contributed by atoms with Crippen molar-refractivity contribution in [1.82, 2.24) is 4.90 Å². The molecule has 4 rings (SSSR count). The first-order valence-electron chi connectivity index (χ1n) is 12.9. The summed E-state index contributed by atoms with van der Waals surface area (Å²) in [5, 5.41) is 13.1. The minimum atomic E-state index is -1.20. The van der Waals surface area contributed by atoms with Gasteiger partial charge in [0, 0.05) is 19.6 Å². The van der Waals surface area contributed by atoms with Crippen molar-refractivity contribution in [3.63, 3.8) is 0 Å². The van der Waals surface area contributed by atoms with Crippen LogP contribution in [-0.4, -0.2) is 41.1 Å². The Bertz CT molecular complexity index is 1050. The quantitative estimate of drug-likeness (QED) is 0.256. The van der Waals surface area contributed by atoms with Crippen molar-refractivity contribution in [3.05, 3.63) is 69.8 Å². The molecule has 6 heteroatoms. The third-order valence-corrected chi connectivity index (χ3v) is 7.40. The smallest absolute Gasteiger partial charge is 0.450 e. The summed E-state index contributed by atoms with van der Waals surface area (Å²) in [6, 6.07) is 13.2. The summed E-state index contributed by atoms with van der Waals surface area (Å²) in [7, 11) is 0. The van der Waals surface area contributed by atoms with Gasteiger partial charge in [-0.05, 0) is 78.5 Å². The minimum Gasteiger partial charge on any atom is -0.450 e. The Balaban J connectivity index is 1.32. The van der Waals surface area contributed by atoms with Gasteiger partial charge >= 0.3 is 6.16 Å². The number of benzene rings is 2. The Hall–Kier alpha value is -2.86. The van der Waals surface area contributed by atoms with Gasteiger partial charge < -0.3 is 14.7 Å². The van der Waals surface area contributed by atoms with Crippen LogP contribution in [0.2, 0.25) is 0 Å². The van der Waals surface area contributed by atoms with E-state index in [4.69, 9.17) is 14.7 Å². The van der Waals surface area contributed by atoms with Crippen LogP contribution in [-0.2, 0) is 29.1 Å². The van der Waals surface area contributed by atoms with E-state index >= 15 is 0 Å². The number of aryl methyl sites for hydroxylation is 2. The topological polar surface area (TPSA) is 71.4 Å². The van der Waals surface area contributed by atoms with Crippen LogP contribution in [0.3, 0.4) is 0 Å². The van der Waals surface area contributed by atoms with Gasteiger partial charge in [0.2, 0.25) is 0 Å². The molecular weight excluding hydrogens is 440 g/mol. The fourth-order valence-corrected chi connectivity index (χ4v) is 5.40. The molecule has 2 fully saturated rings. The molecule has 0 spiro atoms. The molecule has 1 aliphatic heterocycles. The lowest BCUT2D eigenvalue weighted by Gasteiger charge is -2.38. The summed E-state index contributed by atoms with van der Waals surface area (Å²) in [4.78, 5) is 18.6. The first kappa shape index (κ1) is 25.2. The van der Waals surface area contributed by atoms with Crippen molar-refractivity contribution in [3.8, 4) is 0 Å². The van der Waals surface area contributed by atoms with Crippen LogP contribution in [0.15, 0.2) is 41.6 Å². The summed E-state index contributed by atoms with van der Waals surface area (Å²) in [5.74, 6) is 0.718.